The van der Waals surface area contributed by atoms with Crippen LogP contribution in [0.5, 0.6) is 0 Å². The zero-order valence-electron chi connectivity index (χ0n) is 15.7. The first kappa shape index (κ1) is 26.2. The number of ether oxygens (including phenoxy) is 1. The second-order valence-electron chi connectivity index (χ2n) is 7.37. The van der Waals surface area contributed by atoms with Gasteiger partial charge in [0.25, 0.3) is 0 Å². The van der Waals surface area contributed by atoms with Crippen LogP contribution in [0.4, 0.5) is 0 Å². The summed E-state index contributed by atoms with van der Waals surface area (Å²) in [6, 6.07) is -0.187. The summed E-state index contributed by atoms with van der Waals surface area (Å²) in [6.07, 6.45) is 6.24. The van der Waals surface area contributed by atoms with Gasteiger partial charge in [0.2, 0.25) is 5.91 Å². The van der Waals surface area contributed by atoms with E-state index in [1.807, 2.05) is 0 Å². The first-order valence-electron chi connectivity index (χ1n) is 9.22. The van der Waals surface area contributed by atoms with Gasteiger partial charge in [-0.1, -0.05) is 6.42 Å². The fraction of sp³-hybridized carbons (Fsp3) is 0.941. The quantitative estimate of drug-likeness (QED) is 0.700. The molecule has 1 amide bonds. The van der Waals surface area contributed by atoms with Crippen LogP contribution in [0.15, 0.2) is 0 Å². The lowest BCUT2D eigenvalue weighted by Crippen LogP contribution is -2.62. The third-order valence-corrected chi connectivity index (χ3v) is 5.77. The molecule has 3 aliphatic rings. The maximum Gasteiger partial charge on any atom is 0.239 e. The van der Waals surface area contributed by atoms with Gasteiger partial charge >= 0.3 is 0 Å². The fourth-order valence-corrected chi connectivity index (χ4v) is 4.12. The van der Waals surface area contributed by atoms with E-state index in [9.17, 15) is 4.79 Å². The van der Waals surface area contributed by atoms with Crippen molar-refractivity contribution in [3.05, 3.63) is 0 Å². The average molecular weight is 434 g/mol. The van der Waals surface area contributed by atoms with Crippen molar-refractivity contribution in [3.63, 3.8) is 0 Å². The number of hydrogen-bond acceptors (Lipinski definition) is 5. The highest BCUT2D eigenvalue weighted by molar-refractivity contribution is 5.86. The lowest BCUT2D eigenvalue weighted by Gasteiger charge is -2.50. The van der Waals surface area contributed by atoms with Gasteiger partial charge in [0, 0.05) is 18.6 Å². The van der Waals surface area contributed by atoms with Crippen molar-refractivity contribution in [3.8, 4) is 0 Å². The van der Waals surface area contributed by atoms with Gasteiger partial charge < -0.3 is 20.3 Å². The molecule has 6 nitrogen and oxygen atoms in total. The molecule has 0 aromatic rings. The standard InChI is InChI=1S/C17H32N4O2.3ClH/c1-20-10-5-17(6-11-20,21-8-3-2-4-9-21)14-19-16(22)15-13-23-12-7-18-15;;;/h15,18H,2-14H2,1H3,(H,19,22);3*1H. The molecule has 3 aliphatic heterocycles. The highest BCUT2D eigenvalue weighted by Crippen LogP contribution is 2.30. The Kier molecular flexibility index (Phi) is 12.7. The van der Waals surface area contributed by atoms with E-state index < -0.39 is 0 Å². The highest BCUT2D eigenvalue weighted by atomic mass is 35.5. The number of nitrogens with one attached hydrogen (secondary N) is 2. The Balaban J connectivity index is 0.00000208. The van der Waals surface area contributed by atoms with Crippen LogP contribution in [0.1, 0.15) is 32.1 Å². The number of amides is 1. The molecule has 0 bridgehead atoms. The molecule has 9 heteroatoms. The lowest BCUT2D eigenvalue weighted by atomic mass is 9.84. The molecular formula is C17H35Cl3N4O2. The Morgan fingerprint density at radius 1 is 1.12 bits per heavy atom. The average Bonchev–Trinajstić information content (AvgIpc) is 2.63. The molecule has 0 aromatic heterocycles. The molecule has 0 saturated carbocycles. The van der Waals surface area contributed by atoms with E-state index >= 15 is 0 Å². The second-order valence-corrected chi connectivity index (χ2v) is 7.37. The number of halogens is 3. The van der Waals surface area contributed by atoms with Gasteiger partial charge in [-0.15, -0.1) is 37.2 Å². The molecule has 1 unspecified atom stereocenters. The zero-order chi connectivity index (χ0) is 16.1. The molecule has 3 saturated heterocycles. The van der Waals surface area contributed by atoms with Crippen molar-refractivity contribution in [2.24, 2.45) is 0 Å². The van der Waals surface area contributed by atoms with E-state index in [2.05, 4.69) is 27.5 Å². The lowest BCUT2D eigenvalue weighted by molar-refractivity contribution is -0.127. The smallest absolute Gasteiger partial charge is 0.239 e. The molecule has 2 N–H and O–H groups in total. The number of carbonyl (C=O) groups excluding carboxylic acids is 1. The van der Waals surface area contributed by atoms with Crippen LogP contribution < -0.4 is 10.6 Å². The van der Waals surface area contributed by atoms with Crippen molar-refractivity contribution in [2.75, 3.05) is 59.5 Å². The third kappa shape index (κ3) is 6.66. The van der Waals surface area contributed by atoms with Gasteiger partial charge in [-0.2, -0.15) is 0 Å². The van der Waals surface area contributed by atoms with Crippen molar-refractivity contribution >= 4 is 43.1 Å². The van der Waals surface area contributed by atoms with Gasteiger partial charge in [-0.25, -0.2) is 0 Å². The summed E-state index contributed by atoms with van der Waals surface area (Å²) in [5, 5.41) is 6.48. The molecule has 0 aromatic carbocycles. The van der Waals surface area contributed by atoms with Crippen molar-refractivity contribution in [1.82, 2.24) is 20.4 Å². The van der Waals surface area contributed by atoms with E-state index in [1.165, 1.54) is 32.4 Å². The molecule has 156 valence electrons. The number of morpholine rings is 1. The third-order valence-electron chi connectivity index (χ3n) is 5.77. The normalized spacial score (nSPS) is 26.6. The number of likely N-dealkylation sites (tertiary alicyclic amines) is 2. The molecule has 3 heterocycles. The van der Waals surface area contributed by atoms with Crippen LogP contribution in [0.2, 0.25) is 0 Å². The van der Waals surface area contributed by atoms with Gasteiger partial charge in [-0.05, 0) is 58.9 Å². The van der Waals surface area contributed by atoms with Crippen LogP contribution in [-0.4, -0.2) is 86.8 Å². The zero-order valence-corrected chi connectivity index (χ0v) is 18.2. The van der Waals surface area contributed by atoms with E-state index in [1.54, 1.807) is 0 Å². The topological polar surface area (TPSA) is 56.8 Å². The minimum Gasteiger partial charge on any atom is -0.378 e. The largest absolute Gasteiger partial charge is 0.378 e. The van der Waals surface area contributed by atoms with Gasteiger partial charge in [-0.3, -0.25) is 9.69 Å². The summed E-state index contributed by atoms with van der Waals surface area (Å²) in [6.45, 7) is 7.35. The maximum atomic E-state index is 12.4. The molecule has 0 radical (unpaired) electrons. The number of nitrogens with zero attached hydrogens (tertiary/aromatic N) is 2. The van der Waals surface area contributed by atoms with Crippen molar-refractivity contribution < 1.29 is 9.53 Å². The van der Waals surface area contributed by atoms with E-state index in [4.69, 9.17) is 4.74 Å². The summed E-state index contributed by atoms with van der Waals surface area (Å²) in [5.41, 5.74) is 0.151. The summed E-state index contributed by atoms with van der Waals surface area (Å²) < 4.78 is 5.41. The number of hydrogen-bond donors (Lipinski definition) is 2. The minimum atomic E-state index is -0.187. The molecule has 3 rings (SSSR count). The number of piperidine rings is 2. The van der Waals surface area contributed by atoms with E-state index in [0.29, 0.717) is 13.2 Å². The molecule has 0 spiro atoms. The minimum absolute atomic E-state index is 0. The molecule has 0 aliphatic carbocycles. The monoisotopic (exact) mass is 432 g/mol. The molecule has 1 atom stereocenters. The van der Waals surface area contributed by atoms with Crippen LogP contribution in [-0.2, 0) is 9.53 Å². The molecule has 26 heavy (non-hydrogen) atoms. The predicted octanol–water partition coefficient (Wildman–Crippen LogP) is 1.31. The summed E-state index contributed by atoms with van der Waals surface area (Å²) in [5.74, 6) is 0.0972. The Bertz CT molecular complexity index is 397. The second kappa shape index (κ2) is 12.6. The van der Waals surface area contributed by atoms with Gasteiger partial charge in [0.05, 0.1) is 13.2 Å². The highest BCUT2D eigenvalue weighted by Gasteiger charge is 2.40. The summed E-state index contributed by atoms with van der Waals surface area (Å²) in [4.78, 5) is 17.5. The van der Waals surface area contributed by atoms with E-state index in [0.717, 1.165) is 39.0 Å². The molecular weight excluding hydrogens is 399 g/mol. The summed E-state index contributed by atoms with van der Waals surface area (Å²) in [7, 11) is 2.20. The Labute approximate surface area is 176 Å². The number of rotatable bonds is 4. The van der Waals surface area contributed by atoms with E-state index in [-0.39, 0.29) is 54.7 Å². The van der Waals surface area contributed by atoms with Crippen LogP contribution in [0, 0.1) is 0 Å². The Hall–Kier alpha value is 0.180. The van der Waals surface area contributed by atoms with Crippen LogP contribution in [0.25, 0.3) is 0 Å². The fourth-order valence-electron chi connectivity index (χ4n) is 4.12. The van der Waals surface area contributed by atoms with Crippen molar-refractivity contribution in [2.45, 2.75) is 43.7 Å². The SMILES string of the molecule is CN1CCC(CNC(=O)C2COCCN2)(N2CCCCC2)CC1.Cl.Cl.Cl. The van der Waals surface area contributed by atoms with Crippen LogP contribution in [0.3, 0.4) is 0 Å². The van der Waals surface area contributed by atoms with Crippen LogP contribution >= 0.6 is 37.2 Å². The first-order valence-corrected chi connectivity index (χ1v) is 9.22. The predicted molar refractivity (Wildman–Crippen MR) is 112 cm³/mol. The molecule has 3 fully saturated rings. The van der Waals surface area contributed by atoms with Gasteiger partial charge in [0.1, 0.15) is 6.04 Å². The number of carbonyl (C=O) groups is 1. The maximum absolute atomic E-state index is 12.4. The van der Waals surface area contributed by atoms with Crippen molar-refractivity contribution in [1.29, 1.82) is 0 Å². The Morgan fingerprint density at radius 2 is 1.77 bits per heavy atom. The Morgan fingerprint density at radius 3 is 2.35 bits per heavy atom. The van der Waals surface area contributed by atoms with Gasteiger partial charge in [0.15, 0.2) is 0 Å². The summed E-state index contributed by atoms with van der Waals surface area (Å²) >= 11 is 0. The first-order chi connectivity index (χ1) is 11.2.